The number of hydrogen-bond acceptors (Lipinski definition) is 3. The average molecular weight is 790 g/mol. The SMILES string of the molecule is c1ccc(-c2ccc(-c3nc(-c4ccccc4)nc(-n4c5ccccc5c5ccc6c7ccccc7n(-c7ccc8c9ccccc9c9ccccc9c8c7)c6c54)n3)cc2)cc1. The zero-order valence-electron chi connectivity index (χ0n) is 33.4. The summed E-state index contributed by atoms with van der Waals surface area (Å²) in [5.41, 5.74) is 9.54. The van der Waals surface area contributed by atoms with Gasteiger partial charge in [0.05, 0.1) is 22.1 Å². The molecule has 0 spiro atoms. The maximum atomic E-state index is 5.37. The molecule has 0 aliphatic heterocycles. The summed E-state index contributed by atoms with van der Waals surface area (Å²) in [5.74, 6) is 1.79. The summed E-state index contributed by atoms with van der Waals surface area (Å²) in [6.07, 6.45) is 0. The Labute approximate surface area is 356 Å². The van der Waals surface area contributed by atoms with Gasteiger partial charge in [0.25, 0.3) is 0 Å². The first-order chi connectivity index (χ1) is 30.8. The van der Waals surface area contributed by atoms with Crippen molar-refractivity contribution in [3.63, 3.8) is 0 Å². The van der Waals surface area contributed by atoms with Crippen molar-refractivity contribution in [1.29, 1.82) is 0 Å². The van der Waals surface area contributed by atoms with Gasteiger partial charge in [0, 0.05) is 38.4 Å². The van der Waals surface area contributed by atoms with Crippen molar-refractivity contribution in [3.05, 3.63) is 212 Å². The molecular weight excluding hydrogens is 755 g/mol. The van der Waals surface area contributed by atoms with E-state index in [1.165, 1.54) is 37.7 Å². The highest BCUT2D eigenvalue weighted by molar-refractivity contribution is 6.27. The molecule has 0 atom stereocenters. The van der Waals surface area contributed by atoms with Crippen molar-refractivity contribution >= 4 is 75.9 Å². The van der Waals surface area contributed by atoms with Gasteiger partial charge >= 0.3 is 0 Å². The molecule has 0 aliphatic carbocycles. The molecule has 0 bridgehead atoms. The van der Waals surface area contributed by atoms with Crippen LogP contribution in [-0.4, -0.2) is 24.1 Å². The number of nitrogens with zero attached hydrogens (tertiary/aromatic N) is 5. The Morgan fingerprint density at radius 2 is 0.645 bits per heavy atom. The van der Waals surface area contributed by atoms with E-state index in [1.54, 1.807) is 0 Å². The molecule has 0 radical (unpaired) electrons. The third-order valence-corrected chi connectivity index (χ3v) is 12.6. The minimum Gasteiger partial charge on any atom is -0.307 e. The standard InChI is InChI=1S/C57H35N5/c1-3-15-36(16-4-1)37-27-29-39(30-28-37)56-58-55(38-17-5-2-6-18-38)59-57(60-56)62-52-26-14-12-24-47(52)49-34-33-48-46-23-11-13-25-51(46)61(53(48)54(49)62)40-31-32-45-43-21-8-7-19-41(43)42-20-9-10-22-44(42)50(45)35-40/h1-35H. The number of fused-ring (bicyclic) bond motifs is 13. The molecule has 0 saturated heterocycles. The smallest absolute Gasteiger partial charge is 0.238 e. The number of rotatable bonds is 5. The van der Waals surface area contributed by atoms with Crippen molar-refractivity contribution in [2.45, 2.75) is 0 Å². The zero-order chi connectivity index (χ0) is 40.7. The third-order valence-electron chi connectivity index (χ3n) is 12.6. The largest absolute Gasteiger partial charge is 0.307 e. The van der Waals surface area contributed by atoms with Crippen LogP contribution in [0.25, 0.3) is 121 Å². The molecule has 62 heavy (non-hydrogen) atoms. The highest BCUT2D eigenvalue weighted by Gasteiger charge is 2.24. The Hall–Kier alpha value is -8.41. The zero-order valence-corrected chi connectivity index (χ0v) is 33.4. The van der Waals surface area contributed by atoms with E-state index in [0.717, 1.165) is 66.2 Å². The molecule has 5 heteroatoms. The van der Waals surface area contributed by atoms with Crippen LogP contribution < -0.4 is 0 Å². The summed E-state index contributed by atoms with van der Waals surface area (Å²) in [4.78, 5) is 15.9. The van der Waals surface area contributed by atoms with Gasteiger partial charge in [0.2, 0.25) is 5.95 Å². The highest BCUT2D eigenvalue weighted by Crippen LogP contribution is 2.43. The van der Waals surface area contributed by atoms with E-state index in [-0.39, 0.29) is 0 Å². The van der Waals surface area contributed by atoms with Crippen molar-refractivity contribution in [2.75, 3.05) is 0 Å². The Kier molecular flexibility index (Phi) is 7.54. The molecule has 10 aromatic carbocycles. The van der Waals surface area contributed by atoms with E-state index in [2.05, 4.69) is 197 Å². The lowest BCUT2D eigenvalue weighted by molar-refractivity contribution is 0.953. The van der Waals surface area contributed by atoms with E-state index in [0.29, 0.717) is 17.6 Å². The second-order valence-electron chi connectivity index (χ2n) is 16.0. The minimum absolute atomic E-state index is 0.562. The van der Waals surface area contributed by atoms with Gasteiger partial charge < -0.3 is 4.57 Å². The topological polar surface area (TPSA) is 48.5 Å². The van der Waals surface area contributed by atoms with Crippen molar-refractivity contribution < 1.29 is 0 Å². The van der Waals surface area contributed by atoms with Gasteiger partial charge in [-0.05, 0) is 67.7 Å². The summed E-state index contributed by atoms with van der Waals surface area (Å²) >= 11 is 0. The first kappa shape index (κ1) is 34.5. The summed E-state index contributed by atoms with van der Waals surface area (Å²) in [5, 5.41) is 12.1. The van der Waals surface area contributed by atoms with Crippen molar-refractivity contribution in [3.8, 4) is 45.5 Å². The molecule has 0 unspecified atom stereocenters. The normalized spacial score (nSPS) is 11.9. The monoisotopic (exact) mass is 789 g/mol. The van der Waals surface area contributed by atoms with Gasteiger partial charge in [-0.3, -0.25) is 4.57 Å². The molecule has 5 nitrogen and oxygen atoms in total. The Balaban J connectivity index is 1.13. The molecule has 0 aliphatic rings. The Morgan fingerprint density at radius 3 is 1.23 bits per heavy atom. The maximum absolute atomic E-state index is 5.37. The van der Waals surface area contributed by atoms with Crippen LogP contribution in [0, 0.1) is 0 Å². The molecular formula is C57H35N5. The van der Waals surface area contributed by atoms with Crippen LogP contribution in [0.5, 0.6) is 0 Å². The molecule has 0 fully saturated rings. The predicted molar refractivity (Wildman–Crippen MR) is 257 cm³/mol. The van der Waals surface area contributed by atoms with E-state index >= 15 is 0 Å². The van der Waals surface area contributed by atoms with Gasteiger partial charge in [-0.15, -0.1) is 0 Å². The second kappa shape index (κ2) is 13.6. The van der Waals surface area contributed by atoms with E-state index in [1.807, 2.05) is 24.3 Å². The molecule has 288 valence electrons. The Bertz CT molecular complexity index is 3870. The maximum Gasteiger partial charge on any atom is 0.238 e. The van der Waals surface area contributed by atoms with E-state index in [9.17, 15) is 0 Å². The molecule has 0 amide bonds. The van der Waals surface area contributed by atoms with Crippen molar-refractivity contribution in [2.24, 2.45) is 0 Å². The molecule has 0 N–H and O–H groups in total. The predicted octanol–water partition coefficient (Wildman–Crippen LogP) is 14.5. The summed E-state index contributed by atoms with van der Waals surface area (Å²) in [6, 6.07) is 75.7. The molecule has 3 heterocycles. The van der Waals surface area contributed by atoms with E-state index in [4.69, 9.17) is 15.0 Å². The van der Waals surface area contributed by atoms with Gasteiger partial charge in [-0.25, -0.2) is 4.98 Å². The molecule has 13 aromatic rings. The first-order valence-corrected chi connectivity index (χ1v) is 21.0. The lowest BCUT2D eigenvalue weighted by Crippen LogP contribution is -2.07. The minimum atomic E-state index is 0.562. The van der Waals surface area contributed by atoms with Crippen molar-refractivity contribution in [1.82, 2.24) is 24.1 Å². The molecule has 3 aromatic heterocycles. The van der Waals surface area contributed by atoms with Crippen LogP contribution in [0.1, 0.15) is 0 Å². The number of benzene rings is 10. The van der Waals surface area contributed by atoms with Gasteiger partial charge in [0.15, 0.2) is 11.6 Å². The van der Waals surface area contributed by atoms with Crippen LogP contribution >= 0.6 is 0 Å². The Morgan fingerprint density at radius 1 is 0.258 bits per heavy atom. The van der Waals surface area contributed by atoms with Gasteiger partial charge in [-0.1, -0.05) is 188 Å². The summed E-state index contributed by atoms with van der Waals surface area (Å²) < 4.78 is 4.72. The third kappa shape index (κ3) is 5.18. The lowest BCUT2D eigenvalue weighted by Gasteiger charge is -2.15. The fraction of sp³-hybridized carbons (Fsp3) is 0. The number of para-hydroxylation sites is 2. The van der Waals surface area contributed by atoms with E-state index < -0.39 is 0 Å². The first-order valence-electron chi connectivity index (χ1n) is 21.0. The van der Waals surface area contributed by atoms with Crippen LogP contribution in [0.3, 0.4) is 0 Å². The van der Waals surface area contributed by atoms with Crippen LogP contribution in [-0.2, 0) is 0 Å². The summed E-state index contributed by atoms with van der Waals surface area (Å²) in [7, 11) is 0. The number of aromatic nitrogens is 5. The second-order valence-corrected chi connectivity index (χ2v) is 16.0. The number of hydrogen-bond donors (Lipinski definition) is 0. The van der Waals surface area contributed by atoms with Crippen LogP contribution in [0.15, 0.2) is 212 Å². The average Bonchev–Trinajstić information content (AvgIpc) is 3.88. The lowest BCUT2D eigenvalue weighted by atomic mass is 9.94. The van der Waals surface area contributed by atoms with Crippen LogP contribution in [0.2, 0.25) is 0 Å². The van der Waals surface area contributed by atoms with Gasteiger partial charge in [0.1, 0.15) is 0 Å². The quantitative estimate of drug-likeness (QED) is 0.163. The highest BCUT2D eigenvalue weighted by atomic mass is 15.2. The van der Waals surface area contributed by atoms with Gasteiger partial charge in [-0.2, -0.15) is 9.97 Å². The molecule has 0 saturated carbocycles. The van der Waals surface area contributed by atoms with Crippen LogP contribution in [0.4, 0.5) is 0 Å². The summed E-state index contributed by atoms with van der Waals surface area (Å²) in [6.45, 7) is 0. The fourth-order valence-corrected chi connectivity index (χ4v) is 9.76. The fourth-order valence-electron chi connectivity index (χ4n) is 9.76. The molecule has 13 rings (SSSR count).